The third-order valence-electron chi connectivity index (χ3n) is 3.66. The second-order valence-electron chi connectivity index (χ2n) is 5.24. The molecular formula is C17H19Cl2N2O+. The van der Waals surface area contributed by atoms with Crippen LogP contribution in [0.4, 0.5) is 0 Å². The van der Waals surface area contributed by atoms with Crippen molar-refractivity contribution in [3.05, 3.63) is 63.4 Å². The maximum absolute atomic E-state index is 12.0. The van der Waals surface area contributed by atoms with Crippen LogP contribution in [0.5, 0.6) is 0 Å². The van der Waals surface area contributed by atoms with E-state index in [0.29, 0.717) is 29.6 Å². The molecule has 1 aromatic heterocycles. The van der Waals surface area contributed by atoms with Gasteiger partial charge in [-0.05, 0) is 37.1 Å². The lowest BCUT2D eigenvalue weighted by atomic mass is 10.1. The molecule has 1 heterocycles. The van der Waals surface area contributed by atoms with E-state index >= 15 is 0 Å². The SMILES string of the molecule is Cc1ccc[n+](CC(=O)NCCc2ccc(Cl)cc2Cl)c1C. The summed E-state index contributed by atoms with van der Waals surface area (Å²) in [6.07, 6.45) is 2.59. The van der Waals surface area contributed by atoms with Crippen molar-refractivity contribution in [2.75, 3.05) is 6.54 Å². The van der Waals surface area contributed by atoms with Crippen molar-refractivity contribution < 1.29 is 9.36 Å². The zero-order valence-electron chi connectivity index (χ0n) is 12.7. The third kappa shape index (κ3) is 4.46. The summed E-state index contributed by atoms with van der Waals surface area (Å²) in [6.45, 7) is 4.91. The fourth-order valence-corrected chi connectivity index (χ4v) is 2.70. The van der Waals surface area contributed by atoms with Crippen LogP contribution in [0, 0.1) is 13.8 Å². The van der Waals surface area contributed by atoms with Crippen molar-refractivity contribution in [2.24, 2.45) is 0 Å². The van der Waals surface area contributed by atoms with Gasteiger partial charge in [0.1, 0.15) is 0 Å². The molecule has 2 aromatic rings. The minimum absolute atomic E-state index is 0.0104. The predicted molar refractivity (Wildman–Crippen MR) is 89.3 cm³/mol. The number of carbonyl (C=O) groups is 1. The second-order valence-corrected chi connectivity index (χ2v) is 6.08. The number of hydrogen-bond donors (Lipinski definition) is 1. The average molecular weight is 338 g/mol. The quantitative estimate of drug-likeness (QED) is 0.834. The molecule has 22 heavy (non-hydrogen) atoms. The molecule has 0 bridgehead atoms. The number of nitrogens with one attached hydrogen (secondary N) is 1. The summed E-state index contributed by atoms with van der Waals surface area (Å²) < 4.78 is 1.94. The molecule has 116 valence electrons. The van der Waals surface area contributed by atoms with Crippen LogP contribution in [0.1, 0.15) is 16.8 Å². The molecule has 0 aliphatic carbocycles. The molecule has 0 fully saturated rings. The van der Waals surface area contributed by atoms with Gasteiger partial charge in [-0.15, -0.1) is 0 Å². The van der Waals surface area contributed by atoms with E-state index in [1.54, 1.807) is 12.1 Å². The maximum Gasteiger partial charge on any atom is 0.286 e. The number of nitrogens with zero attached hydrogens (tertiary/aromatic N) is 1. The third-order valence-corrected chi connectivity index (χ3v) is 4.25. The van der Waals surface area contributed by atoms with Crippen LogP contribution in [0.15, 0.2) is 36.5 Å². The summed E-state index contributed by atoms with van der Waals surface area (Å²) in [7, 11) is 0. The standard InChI is InChI=1S/C17H18Cl2N2O/c1-12-4-3-9-21(13(12)2)11-17(22)20-8-7-14-5-6-15(18)10-16(14)19/h3-6,9-10H,7-8,11H2,1-2H3/p+1. The minimum atomic E-state index is -0.0104. The highest BCUT2D eigenvalue weighted by atomic mass is 35.5. The van der Waals surface area contributed by atoms with Gasteiger partial charge < -0.3 is 5.32 Å². The highest BCUT2D eigenvalue weighted by molar-refractivity contribution is 6.35. The highest BCUT2D eigenvalue weighted by Crippen LogP contribution is 2.20. The van der Waals surface area contributed by atoms with Crippen molar-refractivity contribution in [2.45, 2.75) is 26.8 Å². The normalized spacial score (nSPS) is 10.5. The smallest absolute Gasteiger partial charge is 0.286 e. The minimum Gasteiger partial charge on any atom is -0.350 e. The first-order chi connectivity index (χ1) is 10.5. The van der Waals surface area contributed by atoms with Crippen molar-refractivity contribution in [3.63, 3.8) is 0 Å². The topological polar surface area (TPSA) is 33.0 Å². The number of rotatable bonds is 5. The first kappa shape index (κ1) is 16.8. The summed E-state index contributed by atoms with van der Waals surface area (Å²) in [4.78, 5) is 12.0. The Morgan fingerprint density at radius 1 is 1.23 bits per heavy atom. The van der Waals surface area contributed by atoms with Crippen LogP contribution in [-0.2, 0) is 17.8 Å². The Bertz CT molecular complexity index is 686. The summed E-state index contributed by atoms with van der Waals surface area (Å²) in [5.41, 5.74) is 3.24. The van der Waals surface area contributed by atoms with E-state index in [2.05, 4.69) is 5.32 Å². The molecule has 0 spiro atoms. The summed E-state index contributed by atoms with van der Waals surface area (Å²) in [5, 5.41) is 4.16. The number of hydrogen-bond acceptors (Lipinski definition) is 1. The van der Waals surface area contributed by atoms with Crippen molar-refractivity contribution in [1.82, 2.24) is 5.32 Å². The molecule has 3 nitrogen and oxygen atoms in total. The number of carbonyl (C=O) groups excluding carboxylic acids is 1. The van der Waals surface area contributed by atoms with Gasteiger partial charge in [0, 0.05) is 35.1 Å². The van der Waals surface area contributed by atoms with Crippen molar-refractivity contribution in [3.8, 4) is 0 Å². The molecular weight excluding hydrogens is 319 g/mol. The first-order valence-corrected chi connectivity index (χ1v) is 7.89. The highest BCUT2D eigenvalue weighted by Gasteiger charge is 2.13. The monoisotopic (exact) mass is 337 g/mol. The summed E-state index contributed by atoms with van der Waals surface area (Å²) in [5.74, 6) is -0.0104. The maximum atomic E-state index is 12.0. The van der Waals surface area contributed by atoms with Crippen LogP contribution in [-0.4, -0.2) is 12.5 Å². The lowest BCUT2D eigenvalue weighted by Crippen LogP contribution is -2.45. The van der Waals surface area contributed by atoms with E-state index in [9.17, 15) is 4.79 Å². The molecule has 0 atom stereocenters. The number of halogens is 2. The number of pyridine rings is 1. The second kappa shape index (κ2) is 7.61. The van der Waals surface area contributed by atoms with Gasteiger partial charge in [0.05, 0.1) is 0 Å². The number of amides is 1. The zero-order chi connectivity index (χ0) is 16.1. The Balaban J connectivity index is 1.87. The molecule has 0 unspecified atom stereocenters. The van der Waals surface area contributed by atoms with Crippen LogP contribution >= 0.6 is 23.2 Å². The number of benzene rings is 1. The molecule has 0 radical (unpaired) electrons. The van der Waals surface area contributed by atoms with Gasteiger partial charge >= 0.3 is 0 Å². The Kier molecular flexibility index (Phi) is 5.81. The molecule has 0 saturated heterocycles. The average Bonchev–Trinajstić information content (AvgIpc) is 2.46. The largest absolute Gasteiger partial charge is 0.350 e. The Labute approximate surface area is 140 Å². The van der Waals surface area contributed by atoms with Gasteiger partial charge in [-0.1, -0.05) is 29.3 Å². The Hall–Kier alpha value is -1.58. The Morgan fingerprint density at radius 3 is 2.73 bits per heavy atom. The van der Waals surface area contributed by atoms with Gasteiger partial charge in [-0.2, -0.15) is 4.57 Å². The van der Waals surface area contributed by atoms with Gasteiger partial charge in [-0.3, -0.25) is 4.79 Å². The fraction of sp³-hybridized carbons (Fsp3) is 0.294. The first-order valence-electron chi connectivity index (χ1n) is 7.13. The Morgan fingerprint density at radius 2 is 2.00 bits per heavy atom. The molecule has 1 amide bonds. The van der Waals surface area contributed by atoms with E-state index in [1.165, 1.54) is 5.56 Å². The lowest BCUT2D eigenvalue weighted by Gasteiger charge is -2.07. The van der Waals surface area contributed by atoms with E-state index < -0.39 is 0 Å². The van der Waals surface area contributed by atoms with Crippen molar-refractivity contribution >= 4 is 29.1 Å². The van der Waals surface area contributed by atoms with Gasteiger partial charge in [0.2, 0.25) is 6.54 Å². The van der Waals surface area contributed by atoms with Crippen LogP contribution in [0.3, 0.4) is 0 Å². The van der Waals surface area contributed by atoms with Gasteiger partial charge in [-0.25, -0.2) is 0 Å². The zero-order valence-corrected chi connectivity index (χ0v) is 14.2. The van der Waals surface area contributed by atoms with Gasteiger partial charge in [0.25, 0.3) is 5.91 Å². The van der Waals surface area contributed by atoms with Crippen LogP contribution in [0.25, 0.3) is 0 Å². The predicted octanol–water partition coefficient (Wildman–Crippen LogP) is 3.26. The molecule has 1 N–H and O–H groups in total. The lowest BCUT2D eigenvalue weighted by molar-refractivity contribution is -0.690. The summed E-state index contributed by atoms with van der Waals surface area (Å²) in [6, 6.07) is 9.38. The van der Waals surface area contributed by atoms with Crippen LogP contribution in [0.2, 0.25) is 10.0 Å². The fourth-order valence-electron chi connectivity index (χ4n) is 2.19. The molecule has 0 aliphatic heterocycles. The van der Waals surface area contributed by atoms with Gasteiger partial charge in [0.15, 0.2) is 11.9 Å². The molecule has 0 aliphatic rings. The number of aromatic nitrogens is 1. The molecule has 0 saturated carbocycles. The molecule has 1 aromatic carbocycles. The molecule has 2 rings (SSSR count). The summed E-state index contributed by atoms with van der Waals surface area (Å²) >= 11 is 12.0. The van der Waals surface area contributed by atoms with Crippen LogP contribution < -0.4 is 9.88 Å². The van der Waals surface area contributed by atoms with E-state index in [1.807, 2.05) is 42.8 Å². The van der Waals surface area contributed by atoms with E-state index in [-0.39, 0.29) is 5.91 Å². The van der Waals surface area contributed by atoms with E-state index in [0.717, 1.165) is 11.3 Å². The molecule has 5 heteroatoms. The van der Waals surface area contributed by atoms with Crippen molar-refractivity contribution in [1.29, 1.82) is 0 Å². The van der Waals surface area contributed by atoms with E-state index in [4.69, 9.17) is 23.2 Å². The number of aryl methyl sites for hydroxylation is 1.